The van der Waals surface area contributed by atoms with Crippen LogP contribution in [-0.2, 0) is 4.74 Å². The third-order valence-corrected chi connectivity index (χ3v) is 3.95. The van der Waals surface area contributed by atoms with E-state index in [-0.39, 0.29) is 18.3 Å². The first-order chi connectivity index (χ1) is 12.9. The lowest BCUT2D eigenvalue weighted by Crippen LogP contribution is -2.21. The number of aromatic nitrogens is 1. The van der Waals surface area contributed by atoms with Crippen molar-refractivity contribution in [2.24, 2.45) is 0 Å². The van der Waals surface area contributed by atoms with Crippen molar-refractivity contribution >= 4 is 28.8 Å². The van der Waals surface area contributed by atoms with Crippen LogP contribution in [0, 0.1) is 13.8 Å². The van der Waals surface area contributed by atoms with Gasteiger partial charge in [-0.25, -0.2) is 4.79 Å². The second-order valence-corrected chi connectivity index (χ2v) is 6.59. The molecule has 2 N–H and O–H groups in total. The van der Waals surface area contributed by atoms with Crippen molar-refractivity contribution in [3.63, 3.8) is 0 Å². The van der Waals surface area contributed by atoms with Crippen LogP contribution >= 0.6 is 11.6 Å². The molecule has 1 amide bonds. The number of cyclic esters (lactones) is 1. The molecule has 1 atom stereocenters. The highest BCUT2D eigenvalue weighted by Gasteiger charge is 2.22. The van der Waals surface area contributed by atoms with Crippen LogP contribution in [0.25, 0.3) is 11.1 Å². The van der Waals surface area contributed by atoms with Gasteiger partial charge in [-0.1, -0.05) is 17.7 Å². The number of oxazole rings is 1. The van der Waals surface area contributed by atoms with Gasteiger partial charge in [0.05, 0.1) is 6.54 Å². The maximum Gasteiger partial charge on any atom is 0.407 e. The van der Waals surface area contributed by atoms with Crippen molar-refractivity contribution in [1.82, 2.24) is 10.3 Å². The monoisotopic (exact) mass is 390 g/mol. The van der Waals surface area contributed by atoms with Gasteiger partial charge in [0.1, 0.15) is 17.9 Å². The second-order valence-electron chi connectivity index (χ2n) is 6.15. The molecule has 0 bridgehead atoms. The molecule has 0 spiro atoms. The maximum atomic E-state index is 10.8. The zero-order chi connectivity index (χ0) is 19.4. The van der Waals surface area contributed by atoms with E-state index in [2.05, 4.69) is 16.4 Å². The minimum Gasteiger partial charge on any atom is -0.490 e. The van der Waals surface area contributed by atoms with Crippen molar-refractivity contribution in [2.45, 2.75) is 20.0 Å². The topological polar surface area (TPSA) is 93.8 Å². The van der Waals surface area contributed by atoms with E-state index in [9.17, 15) is 4.79 Å². The number of hydrogen-bond acceptors (Lipinski definition) is 6. The summed E-state index contributed by atoms with van der Waals surface area (Å²) in [6, 6.07) is 11.0. The van der Waals surface area contributed by atoms with Crippen LogP contribution in [0.3, 0.4) is 0 Å². The normalized spacial score (nSPS) is 15.7. The van der Waals surface area contributed by atoms with Crippen molar-refractivity contribution in [3.8, 4) is 11.8 Å². The van der Waals surface area contributed by atoms with Gasteiger partial charge in [0.2, 0.25) is 0 Å². The second kappa shape index (κ2) is 8.18. The van der Waals surface area contributed by atoms with Gasteiger partial charge in [-0.2, -0.15) is 4.98 Å². The summed E-state index contributed by atoms with van der Waals surface area (Å²) in [4.78, 5) is 14.5. The Morgan fingerprint density at radius 2 is 2.00 bits per heavy atom. The molecule has 7 nitrogen and oxygen atoms in total. The van der Waals surface area contributed by atoms with Crippen LogP contribution in [0.15, 0.2) is 40.8 Å². The van der Waals surface area contributed by atoms with Crippen LogP contribution in [0.2, 0.25) is 5.02 Å². The molecule has 1 saturated heterocycles. The van der Waals surface area contributed by atoms with Crippen molar-refractivity contribution in [2.75, 3.05) is 13.2 Å². The number of nitrogens with one attached hydrogen (secondary N) is 1. The summed E-state index contributed by atoms with van der Waals surface area (Å²) in [6.07, 6.45) is -0.885. The average molecular weight is 391 g/mol. The molecule has 1 aliphatic rings. The zero-order valence-electron chi connectivity index (χ0n) is 14.9. The quantitative estimate of drug-likeness (QED) is 0.702. The molecule has 0 saturated carbocycles. The van der Waals surface area contributed by atoms with Crippen molar-refractivity contribution in [3.05, 3.63) is 52.5 Å². The molecule has 1 aliphatic heterocycles. The van der Waals surface area contributed by atoms with E-state index in [1.165, 1.54) is 0 Å². The molecule has 27 heavy (non-hydrogen) atoms. The number of aryl methyl sites for hydroxylation is 2. The third kappa shape index (κ3) is 5.27. The summed E-state index contributed by atoms with van der Waals surface area (Å²) < 4.78 is 15.4. The van der Waals surface area contributed by atoms with Gasteiger partial charge in [-0.3, -0.25) is 0 Å². The smallest absolute Gasteiger partial charge is 0.407 e. The van der Waals surface area contributed by atoms with Gasteiger partial charge in [0.15, 0.2) is 11.7 Å². The highest BCUT2D eigenvalue weighted by Crippen LogP contribution is 2.22. The van der Waals surface area contributed by atoms with Gasteiger partial charge in [-0.15, -0.1) is 0 Å². The van der Waals surface area contributed by atoms with Crippen LogP contribution < -0.4 is 10.1 Å². The summed E-state index contributed by atoms with van der Waals surface area (Å²) >= 11 is 5.66. The fourth-order valence-corrected chi connectivity index (χ4v) is 2.78. The third-order valence-electron chi connectivity index (χ3n) is 3.72. The molecule has 8 heteroatoms. The van der Waals surface area contributed by atoms with Crippen molar-refractivity contribution < 1.29 is 23.8 Å². The number of alkyl carbamates (subject to hydrolysis) is 1. The number of amides is 1. The number of aromatic hydroxyl groups is 1. The fraction of sp³-hybridized carbons (Fsp3) is 0.263. The minimum absolute atomic E-state index is 0.187. The number of rotatable bonds is 3. The molecule has 2 heterocycles. The summed E-state index contributed by atoms with van der Waals surface area (Å²) in [6.45, 7) is 4.96. The lowest BCUT2D eigenvalue weighted by atomic mass is 10.1. The molecular formula is C19H19ClN2O5. The van der Waals surface area contributed by atoms with E-state index in [4.69, 9.17) is 30.6 Å². The molecule has 4 rings (SSSR count). The number of benzene rings is 2. The number of fused-ring (bicyclic) bond motifs is 1. The molecule has 1 aromatic heterocycles. The first-order valence-corrected chi connectivity index (χ1v) is 8.67. The Labute approximate surface area is 160 Å². The van der Waals surface area contributed by atoms with Crippen molar-refractivity contribution in [1.29, 1.82) is 0 Å². The van der Waals surface area contributed by atoms with E-state index in [1.54, 1.807) is 18.2 Å². The highest BCUT2D eigenvalue weighted by molar-refractivity contribution is 6.31. The molecule has 1 fully saturated rings. The largest absolute Gasteiger partial charge is 0.490 e. The first-order valence-electron chi connectivity index (χ1n) is 8.29. The molecular weight excluding hydrogens is 372 g/mol. The first kappa shape index (κ1) is 18.8. The maximum absolute atomic E-state index is 10.8. The molecule has 0 aliphatic carbocycles. The predicted octanol–water partition coefficient (Wildman–Crippen LogP) is 3.98. The van der Waals surface area contributed by atoms with Gasteiger partial charge >= 0.3 is 12.2 Å². The number of ether oxygens (including phenoxy) is 2. The van der Waals surface area contributed by atoms with Crippen LogP contribution in [-0.4, -0.2) is 35.4 Å². The Morgan fingerprint density at radius 3 is 2.67 bits per heavy atom. The number of carbonyl (C=O) groups excluding carboxylic acids is 1. The lowest BCUT2D eigenvalue weighted by molar-refractivity contribution is 0.105. The Hall–Kier alpha value is -2.93. The fourth-order valence-electron chi connectivity index (χ4n) is 2.62. The van der Waals surface area contributed by atoms with Gasteiger partial charge < -0.3 is 24.3 Å². The van der Waals surface area contributed by atoms with Crippen LogP contribution in [0.1, 0.15) is 11.1 Å². The van der Waals surface area contributed by atoms with E-state index in [0.29, 0.717) is 29.3 Å². The lowest BCUT2D eigenvalue weighted by Gasteiger charge is -2.11. The molecule has 2 aromatic carbocycles. The number of hydrogen-bond donors (Lipinski definition) is 2. The Morgan fingerprint density at radius 1 is 1.26 bits per heavy atom. The SMILES string of the molecule is Cc1cc(C)cc(OCC2CNC(=O)O2)c1.Oc1nc2cc(Cl)ccc2o1. The average Bonchev–Trinajstić information content (AvgIpc) is 3.17. The predicted molar refractivity (Wildman–Crippen MR) is 100 cm³/mol. The number of nitrogens with zero attached hydrogens (tertiary/aromatic N) is 1. The van der Waals surface area contributed by atoms with E-state index in [0.717, 1.165) is 16.9 Å². The van der Waals surface area contributed by atoms with E-state index < -0.39 is 0 Å². The van der Waals surface area contributed by atoms with Gasteiger partial charge in [0.25, 0.3) is 0 Å². The molecule has 3 aromatic rings. The van der Waals surface area contributed by atoms with Crippen LogP contribution in [0.5, 0.6) is 11.8 Å². The van der Waals surface area contributed by atoms with E-state index in [1.807, 2.05) is 26.0 Å². The van der Waals surface area contributed by atoms with Gasteiger partial charge in [0, 0.05) is 5.02 Å². The molecule has 0 radical (unpaired) electrons. The van der Waals surface area contributed by atoms with Gasteiger partial charge in [-0.05, 0) is 55.3 Å². The molecule has 142 valence electrons. The Balaban J connectivity index is 0.000000166. The standard InChI is InChI=1S/C12H15NO3.C7H4ClNO2/c1-8-3-9(2)5-10(4-8)15-7-11-6-13-12(14)16-11;8-4-1-2-6-5(3-4)9-7(10)11-6/h3-5,11H,6-7H2,1-2H3,(H,13,14);1-3H,(H,9,10). The van der Waals surface area contributed by atoms with Crippen LogP contribution in [0.4, 0.5) is 4.79 Å². The Bertz CT molecular complexity index is 936. The molecule has 1 unspecified atom stereocenters. The highest BCUT2D eigenvalue weighted by atomic mass is 35.5. The number of carbonyl (C=O) groups is 1. The summed E-state index contributed by atoms with van der Waals surface area (Å²) in [5.74, 6) is 0.820. The van der Waals surface area contributed by atoms with E-state index >= 15 is 0 Å². The number of halogens is 1. The minimum atomic E-state index is -0.367. The Kier molecular flexibility index (Phi) is 5.71. The summed E-state index contributed by atoms with van der Waals surface area (Å²) in [7, 11) is 0. The summed E-state index contributed by atoms with van der Waals surface area (Å²) in [5.41, 5.74) is 3.43. The zero-order valence-corrected chi connectivity index (χ0v) is 15.6. The summed E-state index contributed by atoms with van der Waals surface area (Å²) in [5, 5.41) is 12.0.